The maximum atomic E-state index is 12.3. The SMILES string of the molecule is CCc1nn(C)c(CC)c1CNC(=O)NC1CCc2nc(C)nn2C1. The van der Waals surface area contributed by atoms with Crippen molar-refractivity contribution in [1.82, 2.24) is 35.2 Å². The van der Waals surface area contributed by atoms with Gasteiger partial charge in [-0.2, -0.15) is 10.2 Å². The Balaban J connectivity index is 1.57. The number of carbonyl (C=O) groups excluding carboxylic acids is 1. The van der Waals surface area contributed by atoms with E-state index in [2.05, 4.69) is 39.7 Å². The van der Waals surface area contributed by atoms with Gasteiger partial charge in [0.15, 0.2) is 0 Å². The summed E-state index contributed by atoms with van der Waals surface area (Å²) in [6.07, 6.45) is 3.50. The van der Waals surface area contributed by atoms with Crippen molar-refractivity contribution in [3.63, 3.8) is 0 Å². The Kier molecular flexibility index (Phi) is 5.06. The van der Waals surface area contributed by atoms with Crippen molar-refractivity contribution in [1.29, 1.82) is 0 Å². The van der Waals surface area contributed by atoms with E-state index >= 15 is 0 Å². The number of aromatic nitrogens is 5. The molecule has 136 valence electrons. The molecule has 1 atom stereocenters. The number of urea groups is 1. The first-order valence-corrected chi connectivity index (χ1v) is 9.00. The molecule has 0 spiro atoms. The summed E-state index contributed by atoms with van der Waals surface area (Å²) in [5.74, 6) is 1.79. The lowest BCUT2D eigenvalue weighted by Gasteiger charge is -2.23. The number of carbonyl (C=O) groups is 1. The standard InChI is InChI=1S/C17H27N7O/c1-5-14-13(15(6-2)23(4)22-14)9-18-17(25)20-12-7-8-16-19-11(3)21-24(16)10-12/h12H,5-10H2,1-4H3,(H2,18,20,25). The van der Waals surface area contributed by atoms with Crippen LogP contribution in [0.3, 0.4) is 0 Å². The van der Waals surface area contributed by atoms with Crippen LogP contribution in [-0.4, -0.2) is 36.6 Å². The van der Waals surface area contributed by atoms with Crippen molar-refractivity contribution in [2.24, 2.45) is 7.05 Å². The highest BCUT2D eigenvalue weighted by Crippen LogP contribution is 2.15. The third-order valence-corrected chi connectivity index (χ3v) is 4.75. The van der Waals surface area contributed by atoms with Crippen molar-refractivity contribution in [3.8, 4) is 0 Å². The summed E-state index contributed by atoms with van der Waals surface area (Å²) in [5.41, 5.74) is 3.37. The van der Waals surface area contributed by atoms with Crippen LogP contribution in [0.2, 0.25) is 0 Å². The zero-order valence-corrected chi connectivity index (χ0v) is 15.5. The molecule has 1 aliphatic heterocycles. The first kappa shape index (κ1) is 17.4. The lowest BCUT2D eigenvalue weighted by Crippen LogP contribution is -2.45. The highest BCUT2D eigenvalue weighted by atomic mass is 16.2. The first-order chi connectivity index (χ1) is 12.0. The maximum absolute atomic E-state index is 12.3. The maximum Gasteiger partial charge on any atom is 0.315 e. The molecule has 3 heterocycles. The Morgan fingerprint density at radius 3 is 2.80 bits per heavy atom. The van der Waals surface area contributed by atoms with Crippen LogP contribution < -0.4 is 10.6 Å². The van der Waals surface area contributed by atoms with Crippen LogP contribution >= 0.6 is 0 Å². The molecule has 25 heavy (non-hydrogen) atoms. The fourth-order valence-corrected chi connectivity index (χ4v) is 3.55. The first-order valence-electron chi connectivity index (χ1n) is 9.00. The summed E-state index contributed by atoms with van der Waals surface area (Å²) >= 11 is 0. The average Bonchev–Trinajstić information content (AvgIpc) is 3.10. The van der Waals surface area contributed by atoms with Gasteiger partial charge in [-0.05, 0) is 26.2 Å². The van der Waals surface area contributed by atoms with Crippen LogP contribution in [-0.2, 0) is 39.4 Å². The van der Waals surface area contributed by atoms with Crippen LogP contribution in [0, 0.1) is 6.92 Å². The number of hydrogen-bond donors (Lipinski definition) is 2. The molecule has 0 fully saturated rings. The quantitative estimate of drug-likeness (QED) is 0.854. The van der Waals surface area contributed by atoms with Crippen LogP contribution in [0.1, 0.15) is 48.9 Å². The second-order valence-electron chi connectivity index (χ2n) is 6.52. The van der Waals surface area contributed by atoms with Gasteiger partial charge in [-0.3, -0.25) is 4.68 Å². The molecule has 0 radical (unpaired) electrons. The summed E-state index contributed by atoms with van der Waals surface area (Å²) in [7, 11) is 1.96. The van der Waals surface area contributed by atoms with E-state index < -0.39 is 0 Å². The van der Waals surface area contributed by atoms with Crippen molar-refractivity contribution in [3.05, 3.63) is 28.6 Å². The van der Waals surface area contributed by atoms with Gasteiger partial charge in [0.1, 0.15) is 11.6 Å². The van der Waals surface area contributed by atoms with E-state index in [1.165, 1.54) is 5.69 Å². The Morgan fingerprint density at radius 2 is 2.08 bits per heavy atom. The Morgan fingerprint density at radius 1 is 1.28 bits per heavy atom. The van der Waals surface area contributed by atoms with Crippen molar-refractivity contribution in [2.75, 3.05) is 0 Å². The second-order valence-corrected chi connectivity index (χ2v) is 6.52. The largest absolute Gasteiger partial charge is 0.334 e. The average molecular weight is 345 g/mol. The molecule has 0 saturated heterocycles. The van der Waals surface area contributed by atoms with E-state index in [1.54, 1.807) is 0 Å². The summed E-state index contributed by atoms with van der Waals surface area (Å²) in [6, 6.07) is -0.0583. The molecule has 8 nitrogen and oxygen atoms in total. The van der Waals surface area contributed by atoms with Gasteiger partial charge in [-0.15, -0.1) is 0 Å². The summed E-state index contributed by atoms with van der Waals surface area (Å²) in [4.78, 5) is 16.7. The van der Waals surface area contributed by atoms with E-state index in [-0.39, 0.29) is 12.1 Å². The summed E-state index contributed by atoms with van der Waals surface area (Å²) in [6.45, 7) is 7.28. The third kappa shape index (κ3) is 3.67. The van der Waals surface area contributed by atoms with E-state index in [4.69, 9.17) is 0 Å². The van der Waals surface area contributed by atoms with Gasteiger partial charge >= 0.3 is 6.03 Å². The lowest BCUT2D eigenvalue weighted by atomic mass is 10.1. The van der Waals surface area contributed by atoms with E-state index in [0.717, 1.165) is 48.6 Å². The zero-order valence-electron chi connectivity index (χ0n) is 15.5. The topological polar surface area (TPSA) is 89.7 Å². The molecule has 1 aliphatic rings. The fraction of sp³-hybridized carbons (Fsp3) is 0.647. The minimum atomic E-state index is -0.141. The van der Waals surface area contributed by atoms with Crippen molar-refractivity contribution < 1.29 is 4.79 Å². The minimum absolute atomic E-state index is 0.0822. The molecule has 1 unspecified atom stereocenters. The highest BCUT2D eigenvalue weighted by molar-refractivity contribution is 5.74. The number of hydrogen-bond acceptors (Lipinski definition) is 4. The summed E-state index contributed by atoms with van der Waals surface area (Å²) in [5, 5.41) is 15.0. The molecule has 0 aliphatic carbocycles. The molecule has 0 saturated carbocycles. The number of aryl methyl sites for hydroxylation is 4. The van der Waals surface area contributed by atoms with Crippen molar-refractivity contribution >= 4 is 6.03 Å². The minimum Gasteiger partial charge on any atom is -0.334 e. The predicted octanol–water partition coefficient (Wildman–Crippen LogP) is 1.26. The number of fused-ring (bicyclic) bond motifs is 1. The van der Waals surface area contributed by atoms with E-state index in [1.807, 2.05) is 23.3 Å². The predicted molar refractivity (Wildman–Crippen MR) is 94.2 cm³/mol. The molecule has 3 rings (SSSR count). The van der Waals surface area contributed by atoms with Crippen LogP contribution in [0.25, 0.3) is 0 Å². The monoisotopic (exact) mass is 345 g/mol. The normalized spacial score (nSPS) is 16.6. The molecule has 0 bridgehead atoms. The second kappa shape index (κ2) is 7.25. The highest BCUT2D eigenvalue weighted by Gasteiger charge is 2.22. The molecule has 0 aromatic carbocycles. The molecular weight excluding hydrogens is 318 g/mol. The Hall–Kier alpha value is -2.38. The molecule has 2 aromatic rings. The molecule has 8 heteroatoms. The molecular formula is C17H27N7O. The van der Waals surface area contributed by atoms with E-state index in [9.17, 15) is 4.79 Å². The number of nitrogens with zero attached hydrogens (tertiary/aromatic N) is 5. The summed E-state index contributed by atoms with van der Waals surface area (Å²) < 4.78 is 3.82. The van der Waals surface area contributed by atoms with Gasteiger partial charge in [-0.25, -0.2) is 14.5 Å². The van der Waals surface area contributed by atoms with Gasteiger partial charge in [0.2, 0.25) is 0 Å². The number of amides is 2. The third-order valence-electron chi connectivity index (χ3n) is 4.75. The smallest absolute Gasteiger partial charge is 0.315 e. The molecule has 2 aromatic heterocycles. The van der Waals surface area contributed by atoms with Gasteiger partial charge in [0.05, 0.1) is 18.3 Å². The lowest BCUT2D eigenvalue weighted by molar-refractivity contribution is 0.231. The number of rotatable bonds is 5. The van der Waals surface area contributed by atoms with Crippen molar-refractivity contribution in [2.45, 2.75) is 65.6 Å². The Bertz CT molecular complexity index is 761. The fourth-order valence-electron chi connectivity index (χ4n) is 3.55. The molecule has 2 N–H and O–H groups in total. The van der Waals surface area contributed by atoms with Crippen LogP contribution in [0.5, 0.6) is 0 Å². The van der Waals surface area contributed by atoms with Gasteiger partial charge < -0.3 is 10.6 Å². The van der Waals surface area contributed by atoms with Gasteiger partial charge in [0, 0.05) is 31.3 Å². The van der Waals surface area contributed by atoms with Gasteiger partial charge in [0.25, 0.3) is 0 Å². The van der Waals surface area contributed by atoms with Crippen LogP contribution in [0.15, 0.2) is 0 Å². The van der Waals surface area contributed by atoms with Gasteiger partial charge in [-0.1, -0.05) is 13.8 Å². The zero-order chi connectivity index (χ0) is 18.0. The molecule has 2 amide bonds. The Labute approximate surface area is 148 Å². The van der Waals surface area contributed by atoms with E-state index in [0.29, 0.717) is 13.1 Å². The number of nitrogens with one attached hydrogen (secondary N) is 2. The van der Waals surface area contributed by atoms with Crippen LogP contribution in [0.4, 0.5) is 4.79 Å².